The number of rotatable bonds is 5. The first kappa shape index (κ1) is 14.8. The van der Waals surface area contributed by atoms with Crippen LogP contribution in [-0.2, 0) is 4.79 Å². The molecule has 4 heteroatoms. The number of hydrogen-bond acceptors (Lipinski definition) is 4. The van der Waals surface area contributed by atoms with Crippen molar-refractivity contribution in [3.8, 4) is 11.6 Å². The maximum atomic E-state index is 12.1. The maximum absolute atomic E-state index is 12.1. The Bertz CT molecular complexity index is 422. The van der Waals surface area contributed by atoms with Gasteiger partial charge in [0.15, 0.2) is 0 Å². The van der Waals surface area contributed by atoms with Gasteiger partial charge in [-0.15, -0.1) is 0 Å². The van der Waals surface area contributed by atoms with Crippen LogP contribution in [0.1, 0.15) is 45.4 Å². The smallest absolute Gasteiger partial charge is 0.314 e. The second-order valence-electron chi connectivity index (χ2n) is 5.46. The number of hydrogen-bond donors (Lipinski definition) is 0. The maximum Gasteiger partial charge on any atom is 0.314 e. The fourth-order valence-corrected chi connectivity index (χ4v) is 2.84. The monoisotopic (exact) mass is 277 g/mol. The van der Waals surface area contributed by atoms with Crippen LogP contribution in [0.4, 0.5) is 0 Å². The molecule has 20 heavy (non-hydrogen) atoms. The third-order valence-corrected chi connectivity index (χ3v) is 4.01. The van der Waals surface area contributed by atoms with Crippen LogP contribution in [0.3, 0.4) is 0 Å². The van der Waals surface area contributed by atoms with E-state index in [-0.39, 0.29) is 11.9 Å². The minimum absolute atomic E-state index is 0.0465. The molecule has 1 saturated carbocycles. The minimum Gasteiger partial charge on any atom is -0.481 e. The van der Waals surface area contributed by atoms with Gasteiger partial charge in [-0.1, -0.05) is 19.8 Å². The van der Waals surface area contributed by atoms with Gasteiger partial charge in [0.1, 0.15) is 5.75 Å². The molecule has 110 valence electrons. The van der Waals surface area contributed by atoms with Gasteiger partial charge in [0, 0.05) is 6.07 Å². The van der Waals surface area contributed by atoms with Crippen molar-refractivity contribution in [2.75, 3.05) is 7.11 Å². The van der Waals surface area contributed by atoms with Gasteiger partial charge in [-0.05, 0) is 37.7 Å². The summed E-state index contributed by atoms with van der Waals surface area (Å²) in [6.07, 6.45) is 8.24. The van der Waals surface area contributed by atoms with Crippen LogP contribution in [-0.4, -0.2) is 18.1 Å². The predicted molar refractivity (Wildman–Crippen MR) is 76.8 cm³/mol. The van der Waals surface area contributed by atoms with E-state index in [9.17, 15) is 4.79 Å². The van der Waals surface area contributed by atoms with Gasteiger partial charge in [0.05, 0.1) is 19.2 Å². The van der Waals surface area contributed by atoms with E-state index in [1.807, 2.05) is 0 Å². The van der Waals surface area contributed by atoms with Crippen molar-refractivity contribution in [1.82, 2.24) is 4.98 Å². The van der Waals surface area contributed by atoms with Crippen LogP contribution in [0.2, 0.25) is 0 Å². The first-order chi connectivity index (χ1) is 9.72. The van der Waals surface area contributed by atoms with Crippen LogP contribution in [0, 0.1) is 11.8 Å². The van der Waals surface area contributed by atoms with Crippen LogP contribution in [0.5, 0.6) is 11.6 Å². The minimum atomic E-state index is -0.119. The molecule has 0 aliphatic heterocycles. The lowest BCUT2D eigenvalue weighted by molar-refractivity contribution is -0.140. The summed E-state index contributed by atoms with van der Waals surface area (Å²) in [5, 5.41) is 0. The van der Waals surface area contributed by atoms with Crippen LogP contribution >= 0.6 is 0 Å². The molecule has 0 N–H and O–H groups in total. The van der Waals surface area contributed by atoms with Gasteiger partial charge in [-0.2, -0.15) is 0 Å². The zero-order valence-electron chi connectivity index (χ0n) is 12.3. The normalized spacial score (nSPS) is 22.3. The standard InChI is InChI=1S/C16H23NO3/c1-3-4-12-5-7-13(8-6-12)16(18)20-14-9-10-15(19-2)17-11-14/h9-13H,3-8H2,1-2H3. The highest BCUT2D eigenvalue weighted by Gasteiger charge is 2.27. The Morgan fingerprint density at radius 1 is 1.30 bits per heavy atom. The van der Waals surface area contributed by atoms with E-state index in [0.29, 0.717) is 11.6 Å². The summed E-state index contributed by atoms with van der Waals surface area (Å²) in [7, 11) is 1.56. The SMILES string of the molecule is CCCC1CCC(C(=O)Oc2ccc(OC)nc2)CC1. The zero-order chi connectivity index (χ0) is 14.4. The predicted octanol–water partition coefficient (Wildman–Crippen LogP) is 3.60. The summed E-state index contributed by atoms with van der Waals surface area (Å²) in [5.74, 6) is 1.74. The highest BCUT2D eigenvalue weighted by atomic mass is 16.5. The molecule has 0 radical (unpaired) electrons. The van der Waals surface area contributed by atoms with Crippen molar-refractivity contribution in [3.05, 3.63) is 18.3 Å². The molecular weight excluding hydrogens is 254 g/mol. The van der Waals surface area contributed by atoms with Crippen molar-refractivity contribution in [3.63, 3.8) is 0 Å². The molecule has 1 aromatic heterocycles. The Balaban J connectivity index is 1.83. The van der Waals surface area contributed by atoms with Gasteiger partial charge in [0.25, 0.3) is 0 Å². The van der Waals surface area contributed by atoms with Crippen molar-refractivity contribution >= 4 is 5.97 Å². The third kappa shape index (κ3) is 3.95. The van der Waals surface area contributed by atoms with E-state index < -0.39 is 0 Å². The van der Waals surface area contributed by atoms with E-state index in [0.717, 1.165) is 31.6 Å². The summed E-state index contributed by atoms with van der Waals surface area (Å²) in [4.78, 5) is 16.1. The van der Waals surface area contributed by atoms with Crippen molar-refractivity contribution in [2.24, 2.45) is 11.8 Å². The molecule has 1 aliphatic carbocycles. The zero-order valence-corrected chi connectivity index (χ0v) is 12.3. The number of esters is 1. The summed E-state index contributed by atoms with van der Waals surface area (Å²) in [5.41, 5.74) is 0. The Morgan fingerprint density at radius 2 is 2.05 bits per heavy atom. The molecule has 4 nitrogen and oxygen atoms in total. The quantitative estimate of drug-likeness (QED) is 0.771. The molecule has 2 rings (SSSR count). The molecule has 1 aliphatic rings. The summed E-state index contributed by atoms with van der Waals surface area (Å²) >= 11 is 0. The second-order valence-corrected chi connectivity index (χ2v) is 5.46. The topological polar surface area (TPSA) is 48.4 Å². The lowest BCUT2D eigenvalue weighted by Crippen LogP contribution is -2.25. The number of nitrogens with zero attached hydrogens (tertiary/aromatic N) is 1. The number of methoxy groups -OCH3 is 1. The molecule has 1 aromatic rings. The summed E-state index contributed by atoms with van der Waals surface area (Å²) < 4.78 is 10.4. The van der Waals surface area contributed by atoms with Crippen molar-refractivity contribution in [1.29, 1.82) is 0 Å². The molecule has 0 unspecified atom stereocenters. The molecule has 1 fully saturated rings. The molecule has 1 heterocycles. The largest absolute Gasteiger partial charge is 0.481 e. The van der Waals surface area contributed by atoms with Crippen LogP contribution in [0.25, 0.3) is 0 Å². The molecule has 0 spiro atoms. The number of carbonyl (C=O) groups excluding carboxylic acids is 1. The first-order valence-electron chi connectivity index (χ1n) is 7.44. The van der Waals surface area contributed by atoms with Gasteiger partial charge in [0.2, 0.25) is 5.88 Å². The second kappa shape index (κ2) is 7.27. The molecular formula is C16H23NO3. The van der Waals surface area contributed by atoms with E-state index in [1.54, 1.807) is 19.2 Å². The number of ether oxygens (including phenoxy) is 2. The number of pyridine rings is 1. The van der Waals surface area contributed by atoms with Crippen LogP contribution < -0.4 is 9.47 Å². The van der Waals surface area contributed by atoms with Gasteiger partial charge >= 0.3 is 5.97 Å². The van der Waals surface area contributed by atoms with Gasteiger partial charge in [-0.3, -0.25) is 4.79 Å². The highest BCUT2D eigenvalue weighted by molar-refractivity contribution is 5.75. The van der Waals surface area contributed by atoms with Crippen molar-refractivity contribution < 1.29 is 14.3 Å². The molecule has 0 aromatic carbocycles. The Kier molecular flexibility index (Phi) is 5.39. The first-order valence-corrected chi connectivity index (χ1v) is 7.44. The van der Waals surface area contributed by atoms with E-state index in [4.69, 9.17) is 9.47 Å². The number of carbonyl (C=O) groups is 1. The molecule has 0 atom stereocenters. The summed E-state index contributed by atoms with van der Waals surface area (Å²) in [6, 6.07) is 3.41. The lowest BCUT2D eigenvalue weighted by Gasteiger charge is -2.26. The van der Waals surface area contributed by atoms with E-state index >= 15 is 0 Å². The Labute approximate surface area is 120 Å². The molecule has 0 saturated heterocycles. The Hall–Kier alpha value is -1.58. The number of aromatic nitrogens is 1. The fraction of sp³-hybridized carbons (Fsp3) is 0.625. The fourth-order valence-electron chi connectivity index (χ4n) is 2.84. The van der Waals surface area contributed by atoms with E-state index in [2.05, 4.69) is 11.9 Å². The third-order valence-electron chi connectivity index (χ3n) is 4.01. The Morgan fingerprint density at radius 3 is 2.60 bits per heavy atom. The average molecular weight is 277 g/mol. The highest BCUT2D eigenvalue weighted by Crippen LogP contribution is 2.32. The molecule has 0 bridgehead atoms. The van der Waals surface area contributed by atoms with Gasteiger partial charge in [-0.25, -0.2) is 4.98 Å². The lowest BCUT2D eigenvalue weighted by atomic mass is 9.80. The summed E-state index contributed by atoms with van der Waals surface area (Å²) in [6.45, 7) is 2.22. The van der Waals surface area contributed by atoms with E-state index in [1.165, 1.54) is 19.0 Å². The molecule has 0 amide bonds. The van der Waals surface area contributed by atoms with Crippen LogP contribution in [0.15, 0.2) is 18.3 Å². The van der Waals surface area contributed by atoms with Crippen molar-refractivity contribution in [2.45, 2.75) is 45.4 Å². The average Bonchev–Trinajstić information content (AvgIpc) is 2.49. The van der Waals surface area contributed by atoms with Gasteiger partial charge < -0.3 is 9.47 Å².